The van der Waals surface area contributed by atoms with Crippen molar-refractivity contribution in [1.29, 1.82) is 0 Å². The summed E-state index contributed by atoms with van der Waals surface area (Å²) in [6.45, 7) is -0.148. The third kappa shape index (κ3) is 5.17. The number of hydrogen-bond acceptors (Lipinski definition) is 8. The molecule has 0 saturated carbocycles. The van der Waals surface area contributed by atoms with Gasteiger partial charge in [-0.2, -0.15) is 10.1 Å². The highest BCUT2D eigenvalue weighted by Gasteiger charge is 2.16. The van der Waals surface area contributed by atoms with Crippen molar-refractivity contribution in [2.75, 3.05) is 0 Å². The molecule has 0 spiro atoms. The number of benzene rings is 2. The largest absolute Gasteiger partial charge is 0.338 e. The Balaban J connectivity index is 1.26. The summed E-state index contributed by atoms with van der Waals surface area (Å²) >= 11 is 0. The highest BCUT2D eigenvalue weighted by molar-refractivity contribution is 7.88. The van der Waals surface area contributed by atoms with Crippen LogP contribution in [0.3, 0.4) is 0 Å². The molecule has 11 heteroatoms. The molecule has 0 radical (unpaired) electrons. The van der Waals surface area contributed by atoms with Gasteiger partial charge in [-0.3, -0.25) is 14.5 Å². The van der Waals surface area contributed by atoms with Gasteiger partial charge < -0.3 is 4.52 Å². The van der Waals surface area contributed by atoms with Crippen molar-refractivity contribution in [2.24, 2.45) is 7.05 Å². The van der Waals surface area contributed by atoms with E-state index in [4.69, 9.17) is 4.52 Å². The van der Waals surface area contributed by atoms with Crippen LogP contribution in [0.4, 0.5) is 0 Å². The first-order valence-electron chi connectivity index (χ1n) is 12.0. The minimum absolute atomic E-state index is 0.146. The molecule has 194 valence electrons. The smallest absolute Gasteiger partial charge is 0.242 e. The molecule has 6 rings (SSSR count). The van der Waals surface area contributed by atoms with E-state index in [1.807, 2.05) is 49.6 Å². The molecule has 0 aliphatic heterocycles. The second-order valence-electron chi connectivity index (χ2n) is 9.10. The summed E-state index contributed by atoms with van der Waals surface area (Å²) in [5.41, 5.74) is 3.18. The minimum Gasteiger partial charge on any atom is -0.338 e. The van der Waals surface area contributed by atoms with Crippen LogP contribution >= 0.6 is 0 Å². The van der Waals surface area contributed by atoms with Gasteiger partial charge in [-0.1, -0.05) is 53.7 Å². The number of fused-ring (bicyclic) bond motifs is 2. The molecule has 0 saturated heterocycles. The van der Waals surface area contributed by atoms with Crippen LogP contribution in [0.2, 0.25) is 0 Å². The molecule has 3 aromatic carbocycles. The van der Waals surface area contributed by atoms with Gasteiger partial charge in [0.25, 0.3) is 0 Å². The van der Waals surface area contributed by atoms with E-state index in [0.717, 1.165) is 16.7 Å². The van der Waals surface area contributed by atoms with Crippen LogP contribution in [0.5, 0.6) is 0 Å². The first-order chi connectivity index (χ1) is 18.8. The van der Waals surface area contributed by atoms with Crippen molar-refractivity contribution >= 4 is 31.7 Å². The zero-order chi connectivity index (χ0) is 27.0. The predicted octanol–water partition coefficient (Wildman–Crippen LogP) is 3.82. The molecule has 1 N–H and O–H groups in total. The van der Waals surface area contributed by atoms with Crippen molar-refractivity contribution in [3.8, 4) is 22.5 Å². The molecule has 10 nitrogen and oxygen atoms in total. The van der Waals surface area contributed by atoms with Crippen LogP contribution in [0.25, 0.3) is 44.2 Å². The third-order valence-corrected chi connectivity index (χ3v) is 7.58. The number of nitrogens with one attached hydrogen (secondary N) is 1. The Morgan fingerprint density at radius 1 is 0.923 bits per heavy atom. The quantitative estimate of drug-likeness (QED) is 0.324. The fourth-order valence-electron chi connectivity index (χ4n) is 4.34. The van der Waals surface area contributed by atoms with E-state index in [-0.39, 0.29) is 23.6 Å². The van der Waals surface area contributed by atoms with E-state index in [1.54, 1.807) is 47.4 Å². The van der Waals surface area contributed by atoms with E-state index in [9.17, 15) is 13.2 Å². The molecule has 0 fully saturated rings. The Labute approximate surface area is 223 Å². The molecular formula is C28H22N6O4S. The lowest BCUT2D eigenvalue weighted by Gasteiger charge is -2.05. The van der Waals surface area contributed by atoms with Gasteiger partial charge in [-0.25, -0.2) is 13.1 Å². The number of sulfonamides is 1. The molecular weight excluding hydrogens is 516 g/mol. The summed E-state index contributed by atoms with van der Waals surface area (Å²) < 4.78 is 35.1. The Hall–Kier alpha value is -4.74. The second kappa shape index (κ2) is 9.86. The molecule has 6 aromatic rings. The molecule has 0 unspecified atom stereocenters. The Morgan fingerprint density at radius 2 is 1.74 bits per heavy atom. The van der Waals surface area contributed by atoms with Gasteiger partial charge in [0.1, 0.15) is 0 Å². The molecule has 3 aromatic heterocycles. The Bertz CT molecular complexity index is 2000. The molecule has 0 bridgehead atoms. The highest BCUT2D eigenvalue weighted by Crippen LogP contribution is 2.23. The van der Waals surface area contributed by atoms with Gasteiger partial charge in [0, 0.05) is 46.9 Å². The summed E-state index contributed by atoms with van der Waals surface area (Å²) in [5.74, 6) is 0.203. The molecule has 0 aliphatic rings. The van der Waals surface area contributed by atoms with Gasteiger partial charge in [-0.05, 0) is 29.1 Å². The van der Waals surface area contributed by atoms with Crippen LogP contribution in [0.1, 0.15) is 11.5 Å². The number of rotatable bonds is 7. The number of nitrogens with zero attached hydrogens (tertiary/aromatic N) is 5. The normalized spacial score (nSPS) is 11.8. The molecule has 39 heavy (non-hydrogen) atoms. The topological polar surface area (TPSA) is 133 Å². The van der Waals surface area contributed by atoms with Crippen molar-refractivity contribution in [2.45, 2.75) is 12.3 Å². The summed E-state index contributed by atoms with van der Waals surface area (Å²) in [6, 6.07) is 19.7. The average molecular weight is 539 g/mol. The van der Waals surface area contributed by atoms with E-state index < -0.39 is 10.0 Å². The molecule has 0 amide bonds. The van der Waals surface area contributed by atoms with Gasteiger partial charge in [-0.15, -0.1) is 0 Å². The Kier molecular flexibility index (Phi) is 6.21. The zero-order valence-electron chi connectivity index (χ0n) is 20.8. The Morgan fingerprint density at radius 3 is 2.54 bits per heavy atom. The average Bonchev–Trinajstić information content (AvgIpc) is 3.57. The zero-order valence-corrected chi connectivity index (χ0v) is 21.6. The lowest BCUT2D eigenvalue weighted by atomic mass is 10.1. The van der Waals surface area contributed by atoms with Gasteiger partial charge >= 0.3 is 0 Å². The lowest BCUT2D eigenvalue weighted by Crippen LogP contribution is -2.24. The van der Waals surface area contributed by atoms with Crippen LogP contribution in [0.15, 0.2) is 94.6 Å². The van der Waals surface area contributed by atoms with Crippen molar-refractivity contribution in [3.05, 3.63) is 107 Å². The van der Waals surface area contributed by atoms with E-state index in [0.29, 0.717) is 33.1 Å². The monoisotopic (exact) mass is 538 g/mol. The summed E-state index contributed by atoms with van der Waals surface area (Å²) in [6.07, 6.45) is 5.27. The molecule has 0 aliphatic carbocycles. The number of aryl methyl sites for hydroxylation is 1. The summed E-state index contributed by atoms with van der Waals surface area (Å²) in [7, 11) is -1.95. The third-order valence-electron chi connectivity index (χ3n) is 6.28. The number of aromatic nitrogens is 5. The van der Waals surface area contributed by atoms with Gasteiger partial charge in [0.15, 0.2) is 5.43 Å². The van der Waals surface area contributed by atoms with Crippen LogP contribution in [-0.4, -0.2) is 33.3 Å². The highest BCUT2D eigenvalue weighted by atomic mass is 32.2. The SMILES string of the molecule is Cn1cc(-c2cnc3ccc4ccc(CS(=O)(=O)NCc5nc(-c6ccccc6)no5)cc4c(=O)c3c2)cn1. The minimum atomic E-state index is -3.77. The lowest BCUT2D eigenvalue weighted by molar-refractivity contribution is 0.376. The number of pyridine rings is 1. The predicted molar refractivity (Wildman–Crippen MR) is 147 cm³/mol. The van der Waals surface area contributed by atoms with E-state index in [2.05, 4.69) is 24.9 Å². The van der Waals surface area contributed by atoms with E-state index >= 15 is 0 Å². The number of hydrogen-bond donors (Lipinski definition) is 1. The first kappa shape index (κ1) is 24.6. The first-order valence-corrected chi connectivity index (χ1v) is 13.7. The molecule has 3 heterocycles. The van der Waals surface area contributed by atoms with Crippen molar-refractivity contribution in [1.82, 2.24) is 29.6 Å². The van der Waals surface area contributed by atoms with Gasteiger partial charge in [0.05, 0.1) is 24.0 Å². The maximum atomic E-state index is 13.6. The summed E-state index contributed by atoms with van der Waals surface area (Å²) in [5, 5.41) is 9.63. The van der Waals surface area contributed by atoms with Crippen LogP contribution < -0.4 is 10.2 Å². The van der Waals surface area contributed by atoms with Crippen LogP contribution in [-0.2, 0) is 29.4 Å². The summed E-state index contributed by atoms with van der Waals surface area (Å²) in [4.78, 5) is 22.3. The fraction of sp³-hybridized carbons (Fsp3) is 0.107. The van der Waals surface area contributed by atoms with E-state index in [1.165, 1.54) is 0 Å². The van der Waals surface area contributed by atoms with Crippen molar-refractivity contribution in [3.63, 3.8) is 0 Å². The second-order valence-corrected chi connectivity index (χ2v) is 10.9. The van der Waals surface area contributed by atoms with Gasteiger partial charge in [0.2, 0.25) is 21.7 Å². The van der Waals surface area contributed by atoms with Crippen LogP contribution in [0, 0.1) is 0 Å². The maximum Gasteiger partial charge on any atom is 0.242 e. The fourth-order valence-corrected chi connectivity index (χ4v) is 5.40. The standard InChI is InChI=1S/C28H22N6O4S/c1-34-16-22(14-30-34)21-12-24-25(29-13-21)10-9-19-8-7-18(11-23(19)27(24)35)17-39(36,37)31-15-26-32-28(33-38-26)20-5-3-2-4-6-20/h2-14,16,31H,15,17H2,1H3. The molecule has 0 atom stereocenters. The maximum absolute atomic E-state index is 13.6. The van der Waals surface area contributed by atoms with Crippen molar-refractivity contribution < 1.29 is 12.9 Å².